The molecule has 5 rings (SSSR count). The Morgan fingerprint density at radius 1 is 0.943 bits per heavy atom. The van der Waals surface area contributed by atoms with E-state index in [1.165, 1.54) is 0 Å². The molecule has 0 atom stereocenters. The van der Waals surface area contributed by atoms with Gasteiger partial charge in [-0.25, -0.2) is 20.3 Å². The molecule has 0 aliphatic heterocycles. The molecule has 0 saturated carbocycles. The van der Waals surface area contributed by atoms with Crippen LogP contribution in [0.4, 0.5) is 5.69 Å². The molecular formula is C26H24N4O5. The van der Waals surface area contributed by atoms with Crippen LogP contribution in [0.25, 0.3) is 38.4 Å². The van der Waals surface area contributed by atoms with Gasteiger partial charge in [0.2, 0.25) is 0 Å². The smallest absolute Gasteiger partial charge is 0.171 e. The lowest BCUT2D eigenvalue weighted by atomic mass is 10.1. The lowest BCUT2D eigenvalue weighted by molar-refractivity contribution is -0.352. The number of para-hydroxylation sites is 1. The molecule has 0 amide bonds. The normalized spacial score (nSPS) is 12.6. The van der Waals surface area contributed by atoms with Gasteiger partial charge in [-0.15, -0.1) is 0 Å². The van der Waals surface area contributed by atoms with Crippen molar-refractivity contribution < 1.29 is 24.7 Å². The summed E-state index contributed by atoms with van der Waals surface area (Å²) in [4.78, 5) is 10.9. The maximum Gasteiger partial charge on any atom is 0.171 e. The first-order valence-electron chi connectivity index (χ1n) is 11.0. The van der Waals surface area contributed by atoms with E-state index in [9.17, 15) is 15.8 Å². The number of nitrogens with one attached hydrogen (secondary N) is 1. The number of anilines is 1. The molecule has 35 heavy (non-hydrogen) atoms. The van der Waals surface area contributed by atoms with Crippen molar-refractivity contribution in [1.29, 1.82) is 10.7 Å². The molecule has 0 unspecified atom stereocenters. The molecule has 0 bridgehead atoms. The first kappa shape index (κ1) is 22.8. The van der Waals surface area contributed by atoms with E-state index in [1.54, 1.807) is 49.1 Å². The average Bonchev–Trinajstić information content (AvgIpc) is 3.23. The molecule has 3 heterocycles. The van der Waals surface area contributed by atoms with Crippen LogP contribution in [0.2, 0.25) is 0 Å². The molecule has 2 aromatic carbocycles. The Hall–Kier alpha value is -3.94. The zero-order valence-electron chi connectivity index (χ0n) is 19.7. The van der Waals surface area contributed by atoms with Crippen LogP contribution in [0.3, 0.4) is 0 Å². The Morgan fingerprint density at radius 2 is 1.63 bits per heavy atom. The number of rotatable bonds is 5. The van der Waals surface area contributed by atoms with Crippen LogP contribution < -0.4 is 10.4 Å². The number of aromatic nitrogens is 1. The highest BCUT2D eigenvalue weighted by atomic mass is 17.1. The van der Waals surface area contributed by atoms with Crippen LogP contribution >= 0.6 is 0 Å². The number of benzene rings is 2. The van der Waals surface area contributed by atoms with Gasteiger partial charge in [-0.3, -0.25) is 9.81 Å². The SMILES string of the molecule is CC(C)(OO)N(c1ccc2cc3c(oc2c1)c(C#N)c(=N)n1c2ccccc2cc31)C(C)(C)OO. The predicted octanol–water partition coefficient (Wildman–Crippen LogP) is 5.60. The zero-order valence-corrected chi connectivity index (χ0v) is 19.7. The summed E-state index contributed by atoms with van der Waals surface area (Å²) < 4.78 is 8.01. The molecule has 0 spiro atoms. The van der Waals surface area contributed by atoms with E-state index < -0.39 is 11.4 Å². The monoisotopic (exact) mass is 472 g/mol. The molecule has 3 aromatic heterocycles. The van der Waals surface area contributed by atoms with E-state index in [-0.39, 0.29) is 11.1 Å². The van der Waals surface area contributed by atoms with Crippen molar-refractivity contribution in [3.05, 3.63) is 65.6 Å². The third kappa shape index (κ3) is 3.35. The summed E-state index contributed by atoms with van der Waals surface area (Å²) in [6.45, 7) is 6.46. The predicted molar refractivity (Wildman–Crippen MR) is 131 cm³/mol. The number of pyridine rings is 1. The summed E-state index contributed by atoms with van der Waals surface area (Å²) in [5.74, 6) is 0. The highest BCUT2D eigenvalue weighted by Gasteiger charge is 2.41. The summed E-state index contributed by atoms with van der Waals surface area (Å²) in [5, 5.41) is 40.2. The van der Waals surface area contributed by atoms with Crippen molar-refractivity contribution >= 4 is 44.0 Å². The maximum absolute atomic E-state index is 9.94. The second-order valence-corrected chi connectivity index (χ2v) is 9.38. The van der Waals surface area contributed by atoms with Gasteiger partial charge in [0.25, 0.3) is 0 Å². The fraction of sp³-hybridized carbons (Fsp3) is 0.231. The Labute approximate surface area is 199 Å². The van der Waals surface area contributed by atoms with Crippen LogP contribution in [-0.4, -0.2) is 26.4 Å². The minimum Gasteiger partial charge on any atom is -0.454 e. The molecule has 0 saturated heterocycles. The Bertz CT molecular complexity index is 1710. The summed E-state index contributed by atoms with van der Waals surface area (Å²) in [6.07, 6.45) is 0. The quantitative estimate of drug-likeness (QED) is 0.131. The molecule has 0 fully saturated rings. The highest BCUT2D eigenvalue weighted by molar-refractivity contribution is 6.05. The molecule has 5 aromatic rings. The number of nitriles is 1. The van der Waals surface area contributed by atoms with E-state index in [1.807, 2.05) is 42.5 Å². The van der Waals surface area contributed by atoms with Crippen LogP contribution in [0.15, 0.2) is 59.0 Å². The number of fused-ring (bicyclic) bond motifs is 6. The van der Waals surface area contributed by atoms with Crippen molar-refractivity contribution in [2.75, 3.05) is 4.90 Å². The second kappa shape index (κ2) is 7.80. The lowest BCUT2D eigenvalue weighted by Gasteiger charge is -2.45. The van der Waals surface area contributed by atoms with Gasteiger partial charge in [-0.2, -0.15) is 5.26 Å². The Morgan fingerprint density at radius 3 is 2.29 bits per heavy atom. The molecule has 9 heteroatoms. The third-order valence-corrected chi connectivity index (χ3v) is 6.32. The third-order valence-electron chi connectivity index (χ3n) is 6.32. The van der Waals surface area contributed by atoms with Crippen molar-refractivity contribution in [1.82, 2.24) is 4.40 Å². The van der Waals surface area contributed by atoms with Gasteiger partial charge >= 0.3 is 0 Å². The van der Waals surface area contributed by atoms with E-state index >= 15 is 0 Å². The minimum absolute atomic E-state index is 0.0432. The lowest BCUT2D eigenvalue weighted by Crippen LogP contribution is -2.58. The fourth-order valence-corrected chi connectivity index (χ4v) is 4.90. The van der Waals surface area contributed by atoms with Gasteiger partial charge in [-0.1, -0.05) is 18.2 Å². The minimum atomic E-state index is -1.28. The van der Waals surface area contributed by atoms with Gasteiger partial charge in [0.05, 0.1) is 11.0 Å². The van der Waals surface area contributed by atoms with Crippen molar-refractivity contribution in [3.63, 3.8) is 0 Å². The Balaban J connectivity index is 1.84. The van der Waals surface area contributed by atoms with Gasteiger partial charge < -0.3 is 9.32 Å². The second-order valence-electron chi connectivity index (χ2n) is 9.38. The highest BCUT2D eigenvalue weighted by Crippen LogP contribution is 2.37. The van der Waals surface area contributed by atoms with Gasteiger partial charge in [-0.05, 0) is 58.0 Å². The van der Waals surface area contributed by atoms with E-state index in [0.717, 1.165) is 21.8 Å². The Kier molecular flexibility index (Phi) is 5.09. The van der Waals surface area contributed by atoms with Gasteiger partial charge in [0.1, 0.15) is 17.2 Å². The van der Waals surface area contributed by atoms with Crippen LogP contribution in [0, 0.1) is 16.7 Å². The molecule has 9 nitrogen and oxygen atoms in total. The van der Waals surface area contributed by atoms with E-state index in [2.05, 4.69) is 15.8 Å². The zero-order chi connectivity index (χ0) is 25.1. The fourth-order valence-electron chi connectivity index (χ4n) is 4.90. The summed E-state index contributed by atoms with van der Waals surface area (Å²) >= 11 is 0. The van der Waals surface area contributed by atoms with Crippen molar-refractivity contribution in [2.45, 2.75) is 39.1 Å². The molecular weight excluding hydrogens is 448 g/mol. The van der Waals surface area contributed by atoms with Crippen molar-refractivity contribution in [3.8, 4) is 6.07 Å². The van der Waals surface area contributed by atoms with E-state index in [4.69, 9.17) is 9.83 Å². The van der Waals surface area contributed by atoms with E-state index in [0.29, 0.717) is 22.2 Å². The first-order chi connectivity index (χ1) is 16.6. The average molecular weight is 473 g/mol. The summed E-state index contributed by atoms with van der Waals surface area (Å²) in [7, 11) is 0. The molecule has 0 radical (unpaired) electrons. The molecule has 178 valence electrons. The van der Waals surface area contributed by atoms with Crippen LogP contribution in [0.5, 0.6) is 0 Å². The van der Waals surface area contributed by atoms with Gasteiger partial charge in [0, 0.05) is 27.9 Å². The number of hydrogen-bond acceptors (Lipinski definition) is 8. The first-order valence-corrected chi connectivity index (χ1v) is 11.0. The number of nitrogens with zero attached hydrogens (tertiary/aromatic N) is 3. The summed E-state index contributed by atoms with van der Waals surface area (Å²) in [6, 6.07) is 19.1. The standard InChI is InChI=1S/C26H24N4O5/c1-25(2,34-31)30(26(3,4)35-32)17-10-9-16-11-18-21-12-15-7-5-6-8-20(15)29(21)24(28)19(14-27)23(18)33-22(16)13-17/h5-13,28,31-32H,1-4H3. The molecule has 0 aliphatic carbocycles. The van der Waals surface area contributed by atoms with Crippen LogP contribution in [-0.2, 0) is 9.78 Å². The largest absolute Gasteiger partial charge is 0.454 e. The topological polar surface area (TPSA) is 127 Å². The molecule has 0 aliphatic rings. The summed E-state index contributed by atoms with van der Waals surface area (Å²) in [5.41, 5.74) is 0.497. The maximum atomic E-state index is 9.94. The van der Waals surface area contributed by atoms with Crippen LogP contribution in [0.1, 0.15) is 33.3 Å². The molecule has 3 N–H and O–H groups in total. The van der Waals surface area contributed by atoms with Crippen molar-refractivity contribution in [2.24, 2.45) is 0 Å². The number of hydrogen-bond donors (Lipinski definition) is 3. The van der Waals surface area contributed by atoms with Gasteiger partial charge in [0.15, 0.2) is 22.5 Å².